The van der Waals surface area contributed by atoms with Crippen molar-refractivity contribution in [2.75, 3.05) is 13.1 Å². The lowest BCUT2D eigenvalue weighted by Crippen LogP contribution is -2.21. The summed E-state index contributed by atoms with van der Waals surface area (Å²) >= 11 is 0. The lowest BCUT2D eigenvalue weighted by Gasteiger charge is -2.22. The topological polar surface area (TPSA) is 12.0 Å². The largest absolute Gasteiger partial charge is 0.313 e. The zero-order chi connectivity index (χ0) is 15.3. The highest BCUT2D eigenvalue weighted by atomic mass is 14.8. The number of hydrogen-bond donors (Lipinski definition) is 1. The van der Waals surface area contributed by atoms with Gasteiger partial charge in [0, 0.05) is 6.54 Å². The van der Waals surface area contributed by atoms with E-state index in [-0.39, 0.29) is 5.41 Å². The molecule has 0 aliphatic carbocycles. The van der Waals surface area contributed by atoms with Crippen molar-refractivity contribution in [1.29, 1.82) is 0 Å². The summed E-state index contributed by atoms with van der Waals surface area (Å²) in [6.07, 6.45) is 17.4. The number of rotatable bonds is 11. The van der Waals surface area contributed by atoms with Crippen LogP contribution in [-0.4, -0.2) is 13.1 Å². The van der Waals surface area contributed by atoms with E-state index in [9.17, 15) is 0 Å². The predicted molar refractivity (Wildman–Crippen MR) is 93.0 cm³/mol. The summed E-state index contributed by atoms with van der Waals surface area (Å²) in [6.45, 7) is 14.8. The molecule has 0 unspecified atom stereocenters. The third-order valence-electron chi connectivity index (χ3n) is 3.31. The maximum absolute atomic E-state index is 3.67. The van der Waals surface area contributed by atoms with Crippen LogP contribution >= 0.6 is 0 Å². The Labute approximate surface area is 126 Å². The Morgan fingerprint density at radius 2 is 1.90 bits per heavy atom. The monoisotopic (exact) mass is 275 g/mol. The summed E-state index contributed by atoms with van der Waals surface area (Å²) in [7, 11) is 0. The Balaban J connectivity index is 4.16. The first-order chi connectivity index (χ1) is 9.55. The van der Waals surface area contributed by atoms with Gasteiger partial charge in [-0.3, -0.25) is 0 Å². The molecule has 1 N–H and O–H groups in total. The molecule has 0 fully saturated rings. The molecule has 0 rings (SSSR count). The molecule has 1 heteroatoms. The maximum Gasteiger partial charge on any atom is 0.0164 e. The summed E-state index contributed by atoms with van der Waals surface area (Å²) < 4.78 is 0. The fraction of sp³-hybridized carbons (Fsp3) is 0.579. The van der Waals surface area contributed by atoms with Crippen LogP contribution in [0.25, 0.3) is 0 Å². The fourth-order valence-corrected chi connectivity index (χ4v) is 2.12. The second-order valence-electron chi connectivity index (χ2n) is 5.98. The molecule has 0 radical (unpaired) electrons. The first-order valence-corrected chi connectivity index (χ1v) is 7.87. The molecule has 0 amide bonds. The highest BCUT2D eigenvalue weighted by molar-refractivity contribution is 5.15. The van der Waals surface area contributed by atoms with Crippen LogP contribution in [0.4, 0.5) is 0 Å². The van der Waals surface area contributed by atoms with Gasteiger partial charge in [-0.15, -0.1) is 0 Å². The molecule has 0 bridgehead atoms. The Kier molecular flexibility index (Phi) is 11.1. The molecule has 0 aromatic carbocycles. The Bertz CT molecular complexity index is 332. The van der Waals surface area contributed by atoms with Crippen molar-refractivity contribution >= 4 is 0 Å². The van der Waals surface area contributed by atoms with Crippen molar-refractivity contribution in [2.45, 2.75) is 53.4 Å². The Morgan fingerprint density at radius 3 is 2.50 bits per heavy atom. The van der Waals surface area contributed by atoms with Crippen molar-refractivity contribution in [2.24, 2.45) is 5.41 Å². The first-order valence-electron chi connectivity index (χ1n) is 7.87. The van der Waals surface area contributed by atoms with Crippen molar-refractivity contribution in [3.05, 3.63) is 48.6 Å². The minimum Gasteiger partial charge on any atom is -0.313 e. The van der Waals surface area contributed by atoms with Crippen molar-refractivity contribution in [1.82, 2.24) is 5.32 Å². The van der Waals surface area contributed by atoms with Gasteiger partial charge in [-0.05, 0) is 31.7 Å². The van der Waals surface area contributed by atoms with Gasteiger partial charge in [0.25, 0.3) is 0 Å². The molecule has 0 saturated heterocycles. The molecule has 0 heterocycles. The zero-order valence-electron chi connectivity index (χ0n) is 13.9. The smallest absolute Gasteiger partial charge is 0.0164 e. The SMILES string of the molecule is C=C/C=C\C=C\C(C)(C)C/C(=C/C)CNCCCCC. The Morgan fingerprint density at radius 1 is 1.15 bits per heavy atom. The maximum atomic E-state index is 3.67. The van der Waals surface area contributed by atoms with Crippen molar-refractivity contribution in [3.63, 3.8) is 0 Å². The van der Waals surface area contributed by atoms with Gasteiger partial charge in [0.1, 0.15) is 0 Å². The lowest BCUT2D eigenvalue weighted by molar-refractivity contribution is 0.465. The number of allylic oxidation sites excluding steroid dienone is 6. The van der Waals surface area contributed by atoms with E-state index >= 15 is 0 Å². The fourth-order valence-electron chi connectivity index (χ4n) is 2.12. The van der Waals surface area contributed by atoms with Gasteiger partial charge in [-0.1, -0.05) is 82.2 Å². The van der Waals surface area contributed by atoms with Crippen molar-refractivity contribution in [3.8, 4) is 0 Å². The van der Waals surface area contributed by atoms with E-state index < -0.39 is 0 Å². The highest BCUT2D eigenvalue weighted by Gasteiger charge is 2.15. The van der Waals surface area contributed by atoms with Crippen LogP contribution in [0.15, 0.2) is 48.6 Å². The van der Waals surface area contributed by atoms with E-state index in [0.717, 1.165) is 19.5 Å². The molecule has 0 aromatic heterocycles. The van der Waals surface area contributed by atoms with Crippen LogP contribution < -0.4 is 5.32 Å². The van der Waals surface area contributed by atoms with Crippen LogP contribution in [-0.2, 0) is 0 Å². The van der Waals surface area contributed by atoms with Gasteiger partial charge in [0.05, 0.1) is 0 Å². The Hall–Kier alpha value is -1.08. The van der Waals surface area contributed by atoms with Gasteiger partial charge in [-0.25, -0.2) is 0 Å². The van der Waals surface area contributed by atoms with Crippen LogP contribution in [0.5, 0.6) is 0 Å². The molecule has 20 heavy (non-hydrogen) atoms. The van der Waals surface area contributed by atoms with Crippen LogP contribution in [0, 0.1) is 5.41 Å². The second kappa shape index (κ2) is 11.7. The summed E-state index contributed by atoms with van der Waals surface area (Å²) in [5, 5.41) is 3.55. The van der Waals surface area contributed by atoms with Gasteiger partial charge in [0.15, 0.2) is 0 Å². The first kappa shape index (κ1) is 18.9. The molecule has 0 atom stereocenters. The number of unbranched alkanes of at least 4 members (excludes halogenated alkanes) is 2. The molecule has 0 saturated carbocycles. The van der Waals surface area contributed by atoms with Crippen LogP contribution in [0.1, 0.15) is 53.4 Å². The van der Waals surface area contributed by atoms with Gasteiger partial charge in [0.2, 0.25) is 0 Å². The van der Waals surface area contributed by atoms with Gasteiger partial charge in [-0.2, -0.15) is 0 Å². The normalized spacial score (nSPS) is 13.5. The third-order valence-corrected chi connectivity index (χ3v) is 3.31. The van der Waals surface area contributed by atoms with E-state index in [0.29, 0.717) is 0 Å². The summed E-state index contributed by atoms with van der Waals surface area (Å²) in [6, 6.07) is 0. The highest BCUT2D eigenvalue weighted by Crippen LogP contribution is 2.26. The molecule has 0 spiro atoms. The van der Waals surface area contributed by atoms with Crippen LogP contribution in [0.3, 0.4) is 0 Å². The van der Waals surface area contributed by atoms with Crippen LogP contribution in [0.2, 0.25) is 0 Å². The molecular weight excluding hydrogens is 242 g/mol. The molecule has 0 aliphatic heterocycles. The zero-order valence-corrected chi connectivity index (χ0v) is 13.9. The number of nitrogens with one attached hydrogen (secondary N) is 1. The average Bonchev–Trinajstić information content (AvgIpc) is 2.42. The summed E-state index contributed by atoms with van der Waals surface area (Å²) in [5.74, 6) is 0. The molecule has 0 aromatic rings. The van der Waals surface area contributed by atoms with E-state index in [1.807, 2.05) is 12.2 Å². The van der Waals surface area contributed by atoms with E-state index in [1.54, 1.807) is 6.08 Å². The van der Waals surface area contributed by atoms with Gasteiger partial charge < -0.3 is 5.32 Å². The molecule has 0 aliphatic rings. The molecular formula is C19H33N. The standard InChI is InChI=1S/C19H33N/c1-6-9-11-12-14-19(4,5)16-18(8-3)17-20-15-13-10-7-2/h6,8-9,11-12,14,20H,1,7,10,13,15-17H2,2-5H3/b11-9-,14-12+,18-8-. The minimum absolute atomic E-state index is 0.193. The van der Waals surface area contributed by atoms with E-state index in [4.69, 9.17) is 0 Å². The van der Waals surface area contributed by atoms with Crippen molar-refractivity contribution < 1.29 is 0 Å². The second-order valence-corrected chi connectivity index (χ2v) is 5.98. The third kappa shape index (κ3) is 10.8. The molecule has 114 valence electrons. The predicted octanol–water partition coefficient (Wildman–Crippen LogP) is 5.43. The summed E-state index contributed by atoms with van der Waals surface area (Å²) in [4.78, 5) is 0. The lowest BCUT2D eigenvalue weighted by atomic mass is 9.85. The quantitative estimate of drug-likeness (QED) is 0.301. The van der Waals surface area contributed by atoms with E-state index in [2.05, 4.69) is 57.8 Å². The van der Waals surface area contributed by atoms with Gasteiger partial charge >= 0.3 is 0 Å². The average molecular weight is 275 g/mol. The number of hydrogen-bond acceptors (Lipinski definition) is 1. The summed E-state index contributed by atoms with van der Waals surface area (Å²) in [5.41, 5.74) is 1.68. The van der Waals surface area contributed by atoms with E-state index in [1.165, 1.54) is 24.8 Å². The molecule has 1 nitrogen and oxygen atoms in total. The minimum atomic E-state index is 0.193.